The van der Waals surface area contributed by atoms with E-state index in [2.05, 4.69) is 9.88 Å². The topological polar surface area (TPSA) is 69.6 Å². The van der Waals surface area contributed by atoms with Crippen LogP contribution in [-0.4, -0.2) is 82.3 Å². The van der Waals surface area contributed by atoms with Gasteiger partial charge in [0.05, 0.1) is 23.3 Å². The average Bonchev–Trinajstić information content (AvgIpc) is 3.39. The van der Waals surface area contributed by atoms with Gasteiger partial charge in [0.25, 0.3) is 5.91 Å². The van der Waals surface area contributed by atoms with Gasteiger partial charge in [-0.15, -0.1) is 0 Å². The molecule has 2 fully saturated rings. The number of likely N-dealkylation sites (tertiary alicyclic amines) is 1. The summed E-state index contributed by atoms with van der Waals surface area (Å²) >= 11 is 0. The highest BCUT2D eigenvalue weighted by Gasteiger charge is 2.27. The first-order valence-corrected chi connectivity index (χ1v) is 11.3. The van der Waals surface area contributed by atoms with Gasteiger partial charge in [0.15, 0.2) is 0 Å². The molecule has 7 nitrogen and oxygen atoms in total. The highest BCUT2D eigenvalue weighted by Crippen LogP contribution is 2.26. The number of aromatic nitrogens is 2. The van der Waals surface area contributed by atoms with Crippen LogP contribution in [0.5, 0.6) is 0 Å². The zero-order valence-corrected chi connectivity index (χ0v) is 18.1. The van der Waals surface area contributed by atoms with Gasteiger partial charge >= 0.3 is 0 Å². The van der Waals surface area contributed by atoms with Crippen molar-refractivity contribution >= 4 is 22.7 Å². The minimum absolute atomic E-state index is 0.0180. The van der Waals surface area contributed by atoms with E-state index in [1.54, 1.807) is 12.4 Å². The maximum atomic E-state index is 13.5. The van der Waals surface area contributed by atoms with E-state index < -0.39 is 0 Å². The number of pyridine rings is 2. The van der Waals surface area contributed by atoms with Crippen LogP contribution in [-0.2, 0) is 4.79 Å². The summed E-state index contributed by atoms with van der Waals surface area (Å²) in [6.07, 6.45) is 5.68. The molecule has 2 aliphatic rings. The first-order chi connectivity index (χ1) is 15.7. The molecule has 2 aliphatic heterocycles. The van der Waals surface area contributed by atoms with Gasteiger partial charge in [-0.05, 0) is 37.1 Å². The number of piperazine rings is 1. The number of carbonyl (C=O) groups is 2. The highest BCUT2D eigenvalue weighted by molar-refractivity contribution is 6.07. The summed E-state index contributed by atoms with van der Waals surface area (Å²) in [4.78, 5) is 40.9. The third kappa shape index (κ3) is 4.21. The fourth-order valence-electron chi connectivity index (χ4n) is 4.56. The molecule has 2 amide bonds. The van der Waals surface area contributed by atoms with E-state index in [4.69, 9.17) is 4.98 Å². The molecule has 0 radical (unpaired) electrons. The largest absolute Gasteiger partial charge is 0.342 e. The molecule has 3 aromatic rings. The molecule has 5 rings (SSSR count). The van der Waals surface area contributed by atoms with Crippen LogP contribution in [0.1, 0.15) is 23.2 Å². The summed E-state index contributed by atoms with van der Waals surface area (Å²) in [5.74, 6) is 0.230. The van der Waals surface area contributed by atoms with Gasteiger partial charge in [0.2, 0.25) is 5.91 Å². The lowest BCUT2D eigenvalue weighted by Gasteiger charge is -2.35. The van der Waals surface area contributed by atoms with Crippen molar-refractivity contribution < 1.29 is 9.59 Å². The third-order valence-corrected chi connectivity index (χ3v) is 6.40. The molecule has 164 valence electrons. The Bertz CT molecular complexity index is 1120. The summed E-state index contributed by atoms with van der Waals surface area (Å²) in [6.45, 7) is 4.88. The summed E-state index contributed by atoms with van der Waals surface area (Å²) in [7, 11) is 0. The van der Waals surface area contributed by atoms with Crippen LogP contribution in [0.2, 0.25) is 0 Å². The van der Waals surface area contributed by atoms with Crippen molar-refractivity contribution in [3.05, 3.63) is 60.4 Å². The van der Waals surface area contributed by atoms with Gasteiger partial charge in [-0.1, -0.05) is 18.2 Å². The predicted molar refractivity (Wildman–Crippen MR) is 123 cm³/mol. The molecular weight excluding hydrogens is 402 g/mol. The number of rotatable bonds is 4. The second kappa shape index (κ2) is 9.04. The predicted octanol–water partition coefficient (Wildman–Crippen LogP) is 2.68. The standard InChI is InChI=1S/C25H27N5O2/c31-24(29-11-3-4-12-29)18-28-13-15-30(16-14-28)25(32)21-17-23(19-7-9-26-10-8-19)27-22-6-2-1-5-20(21)22/h1-2,5-10,17H,3-4,11-16,18H2. The van der Waals surface area contributed by atoms with Gasteiger partial charge in [0.1, 0.15) is 0 Å². The fourth-order valence-corrected chi connectivity index (χ4v) is 4.56. The summed E-state index contributed by atoms with van der Waals surface area (Å²) in [5, 5.41) is 0.863. The maximum Gasteiger partial charge on any atom is 0.254 e. The smallest absolute Gasteiger partial charge is 0.254 e. The number of para-hydroxylation sites is 1. The number of hydrogen-bond acceptors (Lipinski definition) is 5. The van der Waals surface area contributed by atoms with Crippen LogP contribution in [0.25, 0.3) is 22.2 Å². The quantitative estimate of drug-likeness (QED) is 0.638. The second-order valence-electron chi connectivity index (χ2n) is 8.46. The van der Waals surface area contributed by atoms with Crippen LogP contribution >= 0.6 is 0 Å². The van der Waals surface area contributed by atoms with Crippen LogP contribution in [0.15, 0.2) is 54.9 Å². The zero-order valence-electron chi connectivity index (χ0n) is 18.1. The Morgan fingerprint density at radius 1 is 0.844 bits per heavy atom. The lowest BCUT2D eigenvalue weighted by Crippen LogP contribution is -2.51. The second-order valence-corrected chi connectivity index (χ2v) is 8.46. The lowest BCUT2D eigenvalue weighted by atomic mass is 10.0. The Morgan fingerprint density at radius 2 is 1.56 bits per heavy atom. The SMILES string of the molecule is O=C(CN1CCN(C(=O)c2cc(-c3ccncc3)nc3ccccc23)CC1)N1CCCC1. The van der Waals surface area contributed by atoms with E-state index in [-0.39, 0.29) is 11.8 Å². The molecule has 0 unspecified atom stereocenters. The molecule has 2 aromatic heterocycles. The molecule has 4 heterocycles. The first kappa shape index (κ1) is 20.6. The molecule has 32 heavy (non-hydrogen) atoms. The van der Waals surface area contributed by atoms with E-state index in [0.29, 0.717) is 38.3 Å². The first-order valence-electron chi connectivity index (χ1n) is 11.3. The molecule has 0 bridgehead atoms. The van der Waals surface area contributed by atoms with Crippen LogP contribution in [0.3, 0.4) is 0 Å². The number of carbonyl (C=O) groups excluding carboxylic acids is 2. The minimum Gasteiger partial charge on any atom is -0.342 e. The monoisotopic (exact) mass is 429 g/mol. The Labute approximate surface area is 187 Å². The van der Waals surface area contributed by atoms with Crippen LogP contribution in [0, 0.1) is 0 Å². The van der Waals surface area contributed by atoms with Crippen LogP contribution in [0.4, 0.5) is 0 Å². The molecule has 1 aromatic carbocycles. The Morgan fingerprint density at radius 3 is 2.31 bits per heavy atom. The normalized spacial score (nSPS) is 17.1. The van der Waals surface area contributed by atoms with Gasteiger partial charge < -0.3 is 9.80 Å². The summed E-state index contributed by atoms with van der Waals surface area (Å²) in [6, 6.07) is 13.5. The van der Waals surface area contributed by atoms with E-state index in [0.717, 1.165) is 48.1 Å². The zero-order chi connectivity index (χ0) is 21.9. The average molecular weight is 430 g/mol. The fraction of sp³-hybridized carbons (Fsp3) is 0.360. The molecule has 0 saturated carbocycles. The summed E-state index contributed by atoms with van der Waals surface area (Å²) in [5.41, 5.74) is 3.18. The number of amides is 2. The van der Waals surface area contributed by atoms with Gasteiger partial charge in [-0.3, -0.25) is 19.5 Å². The van der Waals surface area contributed by atoms with Crippen molar-refractivity contribution in [1.82, 2.24) is 24.7 Å². The maximum absolute atomic E-state index is 13.5. The number of hydrogen-bond donors (Lipinski definition) is 0. The molecule has 0 atom stereocenters. The van der Waals surface area contributed by atoms with Crippen molar-refractivity contribution in [3.8, 4) is 11.3 Å². The Balaban J connectivity index is 1.33. The highest BCUT2D eigenvalue weighted by atomic mass is 16.2. The molecule has 0 spiro atoms. The number of nitrogens with zero attached hydrogens (tertiary/aromatic N) is 5. The van der Waals surface area contributed by atoms with E-state index in [9.17, 15) is 9.59 Å². The third-order valence-electron chi connectivity index (χ3n) is 6.40. The molecular formula is C25H27N5O2. The Hall–Kier alpha value is -3.32. The van der Waals surface area contributed by atoms with E-state index in [1.807, 2.05) is 52.3 Å². The summed E-state index contributed by atoms with van der Waals surface area (Å²) < 4.78 is 0. The molecule has 7 heteroatoms. The lowest BCUT2D eigenvalue weighted by molar-refractivity contribution is -0.131. The van der Waals surface area contributed by atoms with Crippen molar-refractivity contribution in [3.63, 3.8) is 0 Å². The van der Waals surface area contributed by atoms with Crippen molar-refractivity contribution in [2.75, 3.05) is 45.8 Å². The van der Waals surface area contributed by atoms with E-state index in [1.165, 1.54) is 0 Å². The van der Waals surface area contributed by atoms with Crippen molar-refractivity contribution in [2.24, 2.45) is 0 Å². The molecule has 0 N–H and O–H groups in total. The van der Waals surface area contributed by atoms with Gasteiger partial charge in [0, 0.05) is 62.6 Å². The van der Waals surface area contributed by atoms with E-state index >= 15 is 0 Å². The minimum atomic E-state index is 0.0180. The van der Waals surface area contributed by atoms with Crippen molar-refractivity contribution in [1.29, 1.82) is 0 Å². The number of fused-ring (bicyclic) bond motifs is 1. The van der Waals surface area contributed by atoms with Crippen LogP contribution < -0.4 is 0 Å². The molecule has 0 aliphatic carbocycles. The Kier molecular flexibility index (Phi) is 5.81. The van der Waals surface area contributed by atoms with Crippen molar-refractivity contribution in [2.45, 2.75) is 12.8 Å². The van der Waals surface area contributed by atoms with Gasteiger partial charge in [-0.25, -0.2) is 4.98 Å². The van der Waals surface area contributed by atoms with Gasteiger partial charge in [-0.2, -0.15) is 0 Å². The number of benzene rings is 1. The molecule has 2 saturated heterocycles.